The van der Waals surface area contributed by atoms with E-state index in [0.717, 1.165) is 17.8 Å². The van der Waals surface area contributed by atoms with Gasteiger partial charge in [-0.05, 0) is 25.5 Å². The predicted molar refractivity (Wildman–Crippen MR) is 80.2 cm³/mol. The van der Waals surface area contributed by atoms with Crippen molar-refractivity contribution in [1.29, 1.82) is 0 Å². The first-order valence-corrected chi connectivity index (χ1v) is 6.70. The second-order valence-electron chi connectivity index (χ2n) is 4.60. The molecule has 0 saturated carbocycles. The Bertz CT molecular complexity index is 611. The fraction of sp³-hybridized carbons (Fsp3) is 0.250. The Morgan fingerprint density at radius 2 is 2.10 bits per heavy atom. The molecule has 104 valence electrons. The lowest BCUT2D eigenvalue weighted by Gasteiger charge is -2.08. The average Bonchev–Trinajstić information content (AvgIpc) is 2.89. The van der Waals surface area contributed by atoms with E-state index >= 15 is 0 Å². The normalized spacial score (nSPS) is 10.3. The summed E-state index contributed by atoms with van der Waals surface area (Å²) >= 11 is 0. The van der Waals surface area contributed by atoms with Crippen LogP contribution in [-0.2, 0) is 6.42 Å². The number of aromatic nitrogens is 2. The minimum absolute atomic E-state index is 0.111. The van der Waals surface area contributed by atoms with Crippen LogP contribution in [-0.4, -0.2) is 22.2 Å². The molecule has 1 aromatic heterocycles. The largest absolute Gasteiger partial charge is 0.348 e. The topological polar surface area (TPSA) is 46.9 Å². The molecule has 1 amide bonds. The summed E-state index contributed by atoms with van der Waals surface area (Å²) in [5, 5.41) is 7.13. The summed E-state index contributed by atoms with van der Waals surface area (Å²) in [5.41, 5.74) is 3.70. The van der Waals surface area contributed by atoms with E-state index in [0.29, 0.717) is 12.1 Å². The van der Waals surface area contributed by atoms with E-state index in [2.05, 4.69) is 17.0 Å². The highest BCUT2D eigenvalue weighted by Gasteiger charge is 2.16. The summed E-state index contributed by atoms with van der Waals surface area (Å²) in [7, 11) is 0. The lowest BCUT2D eigenvalue weighted by Crippen LogP contribution is -2.24. The SMILES string of the molecule is C=CCNC(=O)c1cnn(-c2ccc(C)cc2)c1CC. The molecular formula is C16H19N3O. The van der Waals surface area contributed by atoms with E-state index in [1.165, 1.54) is 5.56 Å². The molecule has 2 rings (SSSR count). The van der Waals surface area contributed by atoms with Crippen molar-refractivity contribution in [3.63, 3.8) is 0 Å². The molecule has 0 saturated heterocycles. The quantitative estimate of drug-likeness (QED) is 0.848. The summed E-state index contributed by atoms with van der Waals surface area (Å²) in [5.74, 6) is -0.111. The van der Waals surface area contributed by atoms with Crippen molar-refractivity contribution in [2.24, 2.45) is 0 Å². The highest BCUT2D eigenvalue weighted by Crippen LogP contribution is 2.16. The Kier molecular flexibility index (Phi) is 4.35. The number of nitrogens with zero attached hydrogens (tertiary/aromatic N) is 2. The third-order valence-electron chi connectivity index (χ3n) is 3.13. The van der Waals surface area contributed by atoms with Crippen LogP contribution in [0.15, 0.2) is 43.1 Å². The number of rotatable bonds is 5. The number of carbonyl (C=O) groups excluding carboxylic acids is 1. The van der Waals surface area contributed by atoms with Crippen molar-refractivity contribution in [1.82, 2.24) is 15.1 Å². The summed E-state index contributed by atoms with van der Waals surface area (Å²) in [6.07, 6.45) is 4.02. The molecule has 0 bridgehead atoms. The van der Waals surface area contributed by atoms with Crippen molar-refractivity contribution in [2.75, 3.05) is 6.54 Å². The van der Waals surface area contributed by atoms with Gasteiger partial charge in [0.2, 0.25) is 0 Å². The van der Waals surface area contributed by atoms with Crippen LogP contribution in [0.5, 0.6) is 0 Å². The lowest BCUT2D eigenvalue weighted by atomic mass is 10.1. The van der Waals surface area contributed by atoms with Crippen LogP contribution in [0, 0.1) is 6.92 Å². The maximum atomic E-state index is 12.1. The molecule has 0 radical (unpaired) electrons. The van der Waals surface area contributed by atoms with Crippen LogP contribution < -0.4 is 5.32 Å². The molecule has 2 aromatic rings. The number of hydrogen-bond acceptors (Lipinski definition) is 2. The van der Waals surface area contributed by atoms with Gasteiger partial charge in [0.1, 0.15) is 0 Å². The maximum Gasteiger partial charge on any atom is 0.255 e. The van der Waals surface area contributed by atoms with E-state index in [1.54, 1.807) is 12.3 Å². The van der Waals surface area contributed by atoms with E-state index < -0.39 is 0 Å². The predicted octanol–water partition coefficient (Wildman–Crippen LogP) is 2.66. The van der Waals surface area contributed by atoms with Gasteiger partial charge in [0.05, 0.1) is 23.1 Å². The maximum absolute atomic E-state index is 12.1. The van der Waals surface area contributed by atoms with E-state index in [1.807, 2.05) is 42.8 Å². The van der Waals surface area contributed by atoms with Gasteiger partial charge in [0.15, 0.2) is 0 Å². The van der Waals surface area contributed by atoms with Crippen LogP contribution in [0.4, 0.5) is 0 Å². The van der Waals surface area contributed by atoms with Gasteiger partial charge in [-0.3, -0.25) is 4.79 Å². The van der Waals surface area contributed by atoms with Crippen LogP contribution in [0.1, 0.15) is 28.5 Å². The Morgan fingerprint density at radius 1 is 1.40 bits per heavy atom. The van der Waals surface area contributed by atoms with Crippen molar-refractivity contribution < 1.29 is 4.79 Å². The third-order valence-corrected chi connectivity index (χ3v) is 3.13. The molecule has 0 aliphatic heterocycles. The van der Waals surface area contributed by atoms with Gasteiger partial charge in [0, 0.05) is 6.54 Å². The fourth-order valence-corrected chi connectivity index (χ4v) is 2.07. The molecule has 0 atom stereocenters. The molecule has 1 aromatic carbocycles. The lowest BCUT2D eigenvalue weighted by molar-refractivity contribution is 0.0957. The fourth-order valence-electron chi connectivity index (χ4n) is 2.07. The molecule has 4 heteroatoms. The minimum atomic E-state index is -0.111. The number of benzene rings is 1. The number of nitrogens with one attached hydrogen (secondary N) is 1. The second kappa shape index (κ2) is 6.19. The van der Waals surface area contributed by atoms with Gasteiger partial charge in [0.25, 0.3) is 5.91 Å². The Labute approximate surface area is 119 Å². The zero-order valence-electron chi connectivity index (χ0n) is 11.9. The Balaban J connectivity index is 2.36. The molecule has 0 aliphatic carbocycles. The highest BCUT2D eigenvalue weighted by molar-refractivity contribution is 5.95. The van der Waals surface area contributed by atoms with Gasteiger partial charge < -0.3 is 5.32 Å². The highest BCUT2D eigenvalue weighted by atomic mass is 16.1. The van der Waals surface area contributed by atoms with Gasteiger partial charge in [-0.25, -0.2) is 4.68 Å². The summed E-state index contributed by atoms with van der Waals surface area (Å²) in [4.78, 5) is 12.1. The second-order valence-corrected chi connectivity index (χ2v) is 4.60. The van der Waals surface area contributed by atoms with Gasteiger partial charge >= 0.3 is 0 Å². The molecule has 0 fully saturated rings. The zero-order valence-corrected chi connectivity index (χ0v) is 11.9. The number of amides is 1. The average molecular weight is 269 g/mol. The van der Waals surface area contributed by atoms with Gasteiger partial charge in [-0.2, -0.15) is 5.10 Å². The summed E-state index contributed by atoms with van der Waals surface area (Å²) in [6, 6.07) is 8.08. The van der Waals surface area contributed by atoms with Crippen LogP contribution in [0.2, 0.25) is 0 Å². The first-order chi connectivity index (χ1) is 9.67. The molecule has 20 heavy (non-hydrogen) atoms. The number of carbonyl (C=O) groups is 1. The van der Waals surface area contributed by atoms with Crippen molar-refractivity contribution in [3.8, 4) is 5.69 Å². The molecule has 4 nitrogen and oxygen atoms in total. The van der Waals surface area contributed by atoms with Crippen LogP contribution in [0.3, 0.4) is 0 Å². The zero-order chi connectivity index (χ0) is 14.5. The van der Waals surface area contributed by atoms with E-state index in [9.17, 15) is 4.79 Å². The number of aryl methyl sites for hydroxylation is 1. The van der Waals surface area contributed by atoms with Gasteiger partial charge in [-0.1, -0.05) is 30.7 Å². The van der Waals surface area contributed by atoms with Crippen molar-refractivity contribution >= 4 is 5.91 Å². The molecule has 1 heterocycles. The van der Waals surface area contributed by atoms with Crippen LogP contribution in [0.25, 0.3) is 5.69 Å². The number of hydrogen-bond donors (Lipinski definition) is 1. The van der Waals surface area contributed by atoms with Crippen LogP contribution >= 0.6 is 0 Å². The third kappa shape index (κ3) is 2.79. The van der Waals surface area contributed by atoms with E-state index in [4.69, 9.17) is 0 Å². The molecule has 1 N–H and O–H groups in total. The standard InChI is InChI=1S/C16H19N3O/c1-4-10-17-16(20)14-11-18-19(15(14)5-2)13-8-6-12(3)7-9-13/h4,6-9,11H,1,5,10H2,2-3H3,(H,17,20). The molecule has 0 aliphatic rings. The molecular weight excluding hydrogens is 250 g/mol. The Morgan fingerprint density at radius 3 is 2.70 bits per heavy atom. The first kappa shape index (κ1) is 14.1. The minimum Gasteiger partial charge on any atom is -0.348 e. The Hall–Kier alpha value is -2.36. The smallest absolute Gasteiger partial charge is 0.255 e. The molecule has 0 spiro atoms. The summed E-state index contributed by atoms with van der Waals surface area (Å²) in [6.45, 7) is 8.11. The van der Waals surface area contributed by atoms with Crippen molar-refractivity contribution in [2.45, 2.75) is 20.3 Å². The monoisotopic (exact) mass is 269 g/mol. The summed E-state index contributed by atoms with van der Waals surface area (Å²) < 4.78 is 1.82. The van der Waals surface area contributed by atoms with E-state index in [-0.39, 0.29) is 5.91 Å². The first-order valence-electron chi connectivity index (χ1n) is 6.70. The van der Waals surface area contributed by atoms with Crippen molar-refractivity contribution in [3.05, 3.63) is 59.9 Å². The molecule has 0 unspecified atom stereocenters. The van der Waals surface area contributed by atoms with Gasteiger partial charge in [-0.15, -0.1) is 6.58 Å².